The third-order valence-electron chi connectivity index (χ3n) is 5.71. The van der Waals surface area contributed by atoms with Gasteiger partial charge in [-0.1, -0.05) is 18.2 Å². The van der Waals surface area contributed by atoms with Gasteiger partial charge in [0.15, 0.2) is 0 Å². The van der Waals surface area contributed by atoms with Crippen LogP contribution in [0.25, 0.3) is 0 Å². The highest BCUT2D eigenvalue weighted by molar-refractivity contribution is 5.97. The molecule has 0 N–H and O–H groups in total. The Balaban J connectivity index is 1.94. The number of hydrogen-bond donors (Lipinski definition) is 0. The van der Waals surface area contributed by atoms with E-state index in [1.807, 2.05) is 0 Å². The Morgan fingerprint density at radius 2 is 1.53 bits per heavy atom. The normalized spacial score (nSPS) is 19.4. The van der Waals surface area contributed by atoms with E-state index < -0.39 is 41.6 Å². The molecule has 1 amide bonds. The third-order valence-corrected chi connectivity index (χ3v) is 5.71. The summed E-state index contributed by atoms with van der Waals surface area (Å²) in [4.78, 5) is 52.2. The average molecular weight is 498 g/mol. The highest BCUT2D eigenvalue weighted by Gasteiger charge is 2.51. The molecule has 0 bridgehead atoms. The predicted octanol–water partition coefficient (Wildman–Crippen LogP) is 3.27. The summed E-state index contributed by atoms with van der Waals surface area (Å²) < 4.78 is 21.4. The zero-order valence-electron chi connectivity index (χ0n) is 21.1. The summed E-state index contributed by atoms with van der Waals surface area (Å²) in [7, 11) is 2.52. The molecular weight excluding hydrogens is 466 g/mol. The second kappa shape index (κ2) is 11.2. The number of benzene rings is 2. The fraction of sp³-hybridized carbons (Fsp3) is 0.407. The molecule has 0 spiro atoms. The zero-order valence-corrected chi connectivity index (χ0v) is 21.1. The maximum atomic E-state index is 13.4. The van der Waals surface area contributed by atoms with Crippen LogP contribution in [0.4, 0.5) is 0 Å². The van der Waals surface area contributed by atoms with E-state index >= 15 is 0 Å². The van der Waals surface area contributed by atoms with Crippen molar-refractivity contribution in [3.63, 3.8) is 0 Å². The van der Waals surface area contributed by atoms with Gasteiger partial charge in [0.2, 0.25) is 0 Å². The summed E-state index contributed by atoms with van der Waals surface area (Å²) in [5, 5.41) is 0. The molecule has 2 aromatic carbocycles. The lowest BCUT2D eigenvalue weighted by Gasteiger charge is -2.27. The summed E-state index contributed by atoms with van der Waals surface area (Å²) in [5.74, 6) is -2.38. The van der Waals surface area contributed by atoms with Gasteiger partial charge >= 0.3 is 17.9 Å². The molecule has 36 heavy (non-hydrogen) atoms. The van der Waals surface area contributed by atoms with E-state index in [-0.39, 0.29) is 18.9 Å². The molecular formula is C27H31NO8. The molecule has 1 saturated heterocycles. The Morgan fingerprint density at radius 3 is 2.08 bits per heavy atom. The van der Waals surface area contributed by atoms with Gasteiger partial charge in [0, 0.05) is 11.5 Å². The summed E-state index contributed by atoms with van der Waals surface area (Å²) in [6.07, 6.45) is -0.890. The topological polar surface area (TPSA) is 108 Å². The molecule has 1 heterocycles. The Labute approximate surface area is 210 Å². The number of esters is 3. The molecule has 2 aromatic rings. The molecule has 1 aliphatic heterocycles. The molecule has 1 aliphatic rings. The Hall–Kier alpha value is -3.88. The number of carbonyl (C=O) groups is 4. The van der Waals surface area contributed by atoms with Gasteiger partial charge in [0.1, 0.15) is 23.5 Å². The molecule has 0 unspecified atom stereocenters. The first-order chi connectivity index (χ1) is 17.0. The minimum atomic E-state index is -1.06. The molecule has 0 saturated carbocycles. The van der Waals surface area contributed by atoms with E-state index in [2.05, 4.69) is 0 Å². The Morgan fingerprint density at radius 1 is 0.889 bits per heavy atom. The molecule has 9 heteroatoms. The fourth-order valence-corrected chi connectivity index (χ4v) is 4.16. The lowest BCUT2D eigenvalue weighted by molar-refractivity contribution is -0.157. The van der Waals surface area contributed by atoms with Gasteiger partial charge in [-0.2, -0.15) is 0 Å². The monoisotopic (exact) mass is 497 g/mol. The number of hydrogen-bond acceptors (Lipinski definition) is 8. The van der Waals surface area contributed by atoms with Gasteiger partial charge in [-0.3, -0.25) is 9.59 Å². The number of carbonyl (C=O) groups excluding carboxylic acids is 4. The zero-order chi connectivity index (χ0) is 26.5. The van der Waals surface area contributed by atoms with E-state index in [1.165, 1.54) is 19.1 Å². The van der Waals surface area contributed by atoms with E-state index in [4.69, 9.17) is 18.9 Å². The maximum Gasteiger partial charge on any atom is 0.337 e. The van der Waals surface area contributed by atoms with E-state index in [0.29, 0.717) is 16.9 Å². The standard InChI is InChI=1S/C27H31NO8/c1-27(2,3)36-22(29)15-20-21(35-19-13-11-18(12-14-19)25(31)33-4)16-28(23(20)26(32)34-5)24(30)17-9-7-6-8-10-17/h6-14,20-21,23H,15-16H2,1-5H3/t20-,21-,23-/m0/s1. The van der Waals surface area contributed by atoms with Gasteiger partial charge < -0.3 is 23.8 Å². The van der Waals surface area contributed by atoms with Crippen LogP contribution in [-0.4, -0.2) is 67.2 Å². The lowest BCUT2D eigenvalue weighted by Crippen LogP contribution is -2.44. The van der Waals surface area contributed by atoms with Crippen LogP contribution in [-0.2, 0) is 23.8 Å². The van der Waals surface area contributed by atoms with Gasteiger partial charge in [-0.05, 0) is 57.2 Å². The number of likely N-dealkylation sites (tertiary alicyclic amines) is 1. The van der Waals surface area contributed by atoms with E-state index in [0.717, 1.165) is 0 Å². The van der Waals surface area contributed by atoms with Crippen molar-refractivity contribution in [1.82, 2.24) is 4.90 Å². The Kier molecular flexibility index (Phi) is 8.34. The van der Waals surface area contributed by atoms with Crippen LogP contribution in [0.1, 0.15) is 47.9 Å². The van der Waals surface area contributed by atoms with Crippen LogP contribution in [0.15, 0.2) is 54.6 Å². The van der Waals surface area contributed by atoms with Crippen molar-refractivity contribution in [3.05, 3.63) is 65.7 Å². The van der Waals surface area contributed by atoms with Crippen molar-refractivity contribution >= 4 is 23.8 Å². The molecule has 3 rings (SSSR count). The summed E-state index contributed by atoms with van der Waals surface area (Å²) in [5.41, 5.74) is 0.0104. The number of rotatable bonds is 7. The van der Waals surface area contributed by atoms with Crippen LogP contribution >= 0.6 is 0 Å². The third kappa shape index (κ3) is 6.41. The molecule has 0 radical (unpaired) electrons. The summed E-state index contributed by atoms with van der Waals surface area (Å²) in [6, 6.07) is 13.8. The van der Waals surface area contributed by atoms with Crippen molar-refractivity contribution < 1.29 is 38.1 Å². The highest BCUT2D eigenvalue weighted by Crippen LogP contribution is 2.34. The first kappa shape index (κ1) is 26.7. The lowest BCUT2D eigenvalue weighted by atomic mass is 9.93. The molecule has 3 atom stereocenters. The molecule has 1 fully saturated rings. The number of nitrogens with zero attached hydrogens (tertiary/aromatic N) is 1. The van der Waals surface area contributed by atoms with Crippen LogP contribution in [0, 0.1) is 5.92 Å². The van der Waals surface area contributed by atoms with Crippen molar-refractivity contribution in [2.75, 3.05) is 20.8 Å². The number of methoxy groups -OCH3 is 2. The largest absolute Gasteiger partial charge is 0.488 e. The fourth-order valence-electron chi connectivity index (χ4n) is 4.16. The highest BCUT2D eigenvalue weighted by atomic mass is 16.6. The molecule has 0 aromatic heterocycles. The smallest absolute Gasteiger partial charge is 0.337 e. The van der Waals surface area contributed by atoms with Crippen LogP contribution in [0.3, 0.4) is 0 Å². The number of ether oxygens (including phenoxy) is 4. The molecule has 9 nitrogen and oxygen atoms in total. The summed E-state index contributed by atoms with van der Waals surface area (Å²) >= 11 is 0. The van der Waals surface area contributed by atoms with Crippen molar-refractivity contribution in [2.24, 2.45) is 5.92 Å². The van der Waals surface area contributed by atoms with Crippen molar-refractivity contribution in [2.45, 2.75) is 44.9 Å². The van der Waals surface area contributed by atoms with Gasteiger partial charge in [-0.15, -0.1) is 0 Å². The number of amides is 1. The van der Waals surface area contributed by atoms with Crippen LogP contribution < -0.4 is 4.74 Å². The van der Waals surface area contributed by atoms with Crippen molar-refractivity contribution in [3.8, 4) is 5.75 Å². The minimum absolute atomic E-state index is 0.0414. The van der Waals surface area contributed by atoms with Gasteiger partial charge in [0.05, 0.1) is 32.7 Å². The minimum Gasteiger partial charge on any atom is -0.488 e. The second-order valence-corrected chi connectivity index (χ2v) is 9.42. The van der Waals surface area contributed by atoms with Crippen molar-refractivity contribution in [1.29, 1.82) is 0 Å². The van der Waals surface area contributed by atoms with E-state index in [1.54, 1.807) is 75.4 Å². The quantitative estimate of drug-likeness (QED) is 0.424. The van der Waals surface area contributed by atoms with Crippen LogP contribution in [0.2, 0.25) is 0 Å². The first-order valence-electron chi connectivity index (χ1n) is 11.5. The Bertz CT molecular complexity index is 1090. The molecule has 0 aliphatic carbocycles. The molecule has 192 valence electrons. The predicted molar refractivity (Wildman–Crippen MR) is 129 cm³/mol. The SMILES string of the molecule is COC(=O)c1ccc(O[C@H]2CN(C(=O)c3ccccc3)[C@H](C(=O)OC)[C@H]2CC(=O)OC(C)(C)C)cc1. The maximum absolute atomic E-state index is 13.4. The van der Waals surface area contributed by atoms with E-state index in [9.17, 15) is 19.2 Å². The van der Waals surface area contributed by atoms with Crippen LogP contribution in [0.5, 0.6) is 5.75 Å². The second-order valence-electron chi connectivity index (χ2n) is 9.42. The average Bonchev–Trinajstić information content (AvgIpc) is 3.19. The van der Waals surface area contributed by atoms with Gasteiger partial charge in [0.25, 0.3) is 5.91 Å². The first-order valence-corrected chi connectivity index (χ1v) is 11.5. The summed E-state index contributed by atoms with van der Waals surface area (Å²) in [6.45, 7) is 5.29. The van der Waals surface area contributed by atoms with Gasteiger partial charge in [-0.25, -0.2) is 9.59 Å².